The summed E-state index contributed by atoms with van der Waals surface area (Å²) in [5, 5.41) is 2.88. The van der Waals surface area contributed by atoms with E-state index >= 15 is 0 Å². The summed E-state index contributed by atoms with van der Waals surface area (Å²) in [5.74, 6) is 1.00. The van der Waals surface area contributed by atoms with Gasteiger partial charge in [0.2, 0.25) is 5.91 Å². The molecule has 0 aromatic carbocycles. The molecule has 0 aliphatic heterocycles. The third kappa shape index (κ3) is 5.14. The maximum atomic E-state index is 11.1. The molecule has 0 aromatic heterocycles. The fourth-order valence-electron chi connectivity index (χ4n) is 0.705. The molecule has 1 N–H and O–H groups in total. The van der Waals surface area contributed by atoms with Gasteiger partial charge in [-0.25, -0.2) is 0 Å². The molecule has 0 rings (SSSR count). The van der Waals surface area contributed by atoms with E-state index in [0.29, 0.717) is 18.2 Å². The second-order valence-electron chi connectivity index (χ2n) is 4.36. The lowest BCUT2D eigenvalue weighted by Gasteiger charge is -2.29. The van der Waals surface area contributed by atoms with Crippen LogP contribution in [0.2, 0.25) is 0 Å². The molecular weight excluding hydrogens is 186 g/mol. The molecule has 0 saturated carbocycles. The fourth-order valence-corrected chi connectivity index (χ4v) is 0.876. The first kappa shape index (κ1) is 12.8. The maximum Gasteiger partial charge on any atom is 0.221 e. The number of carbonyl (C=O) groups excluding carboxylic acids is 1. The highest BCUT2D eigenvalue weighted by atomic mass is 35.5. The lowest BCUT2D eigenvalue weighted by Crippen LogP contribution is -2.36. The van der Waals surface area contributed by atoms with Gasteiger partial charge in [-0.05, 0) is 11.3 Å². The minimum Gasteiger partial charge on any atom is -0.356 e. The van der Waals surface area contributed by atoms with Crippen LogP contribution in [0, 0.1) is 11.3 Å². The summed E-state index contributed by atoms with van der Waals surface area (Å²) in [7, 11) is 0. The summed E-state index contributed by atoms with van der Waals surface area (Å²) in [5.41, 5.74) is 0.155. The van der Waals surface area contributed by atoms with Crippen LogP contribution < -0.4 is 5.32 Å². The van der Waals surface area contributed by atoms with E-state index in [0.717, 1.165) is 6.54 Å². The van der Waals surface area contributed by atoms with Crippen molar-refractivity contribution in [2.45, 2.75) is 34.1 Å². The second kappa shape index (κ2) is 5.48. The minimum atomic E-state index is 0.0451. The summed E-state index contributed by atoms with van der Waals surface area (Å²) >= 11 is 5.45. The van der Waals surface area contributed by atoms with Crippen LogP contribution in [0.15, 0.2) is 0 Å². The van der Waals surface area contributed by atoms with Crippen molar-refractivity contribution >= 4 is 17.5 Å². The largest absolute Gasteiger partial charge is 0.356 e. The number of hydrogen-bond acceptors (Lipinski definition) is 1. The van der Waals surface area contributed by atoms with E-state index < -0.39 is 0 Å². The van der Waals surface area contributed by atoms with Crippen molar-refractivity contribution in [3.05, 3.63) is 0 Å². The van der Waals surface area contributed by atoms with Gasteiger partial charge in [0.1, 0.15) is 0 Å². The number of alkyl halides is 1. The Balaban J connectivity index is 3.81. The Morgan fingerprint density at radius 1 is 1.46 bits per heavy atom. The molecule has 0 fully saturated rings. The zero-order chi connectivity index (χ0) is 10.5. The normalized spacial score (nSPS) is 11.8. The highest BCUT2D eigenvalue weighted by Gasteiger charge is 2.22. The summed E-state index contributed by atoms with van der Waals surface area (Å²) in [6.45, 7) is 9.35. The molecule has 0 unspecified atom stereocenters. The van der Waals surface area contributed by atoms with Gasteiger partial charge in [-0.15, -0.1) is 11.6 Å². The van der Waals surface area contributed by atoms with Crippen molar-refractivity contribution in [2.75, 3.05) is 12.4 Å². The Kier molecular flexibility index (Phi) is 5.38. The number of nitrogens with one attached hydrogen (secondary N) is 1. The van der Waals surface area contributed by atoms with Crippen LogP contribution in [0.1, 0.15) is 34.1 Å². The first-order valence-electron chi connectivity index (χ1n) is 4.73. The molecule has 0 spiro atoms. The van der Waals surface area contributed by atoms with Crippen LogP contribution in [-0.2, 0) is 4.79 Å². The van der Waals surface area contributed by atoms with E-state index in [4.69, 9.17) is 11.6 Å². The van der Waals surface area contributed by atoms with Gasteiger partial charge in [0, 0.05) is 18.8 Å². The number of amides is 1. The predicted octanol–water partition coefficient (Wildman–Crippen LogP) is 2.41. The van der Waals surface area contributed by atoms with Crippen LogP contribution in [0.5, 0.6) is 0 Å². The van der Waals surface area contributed by atoms with Crippen LogP contribution in [-0.4, -0.2) is 18.3 Å². The monoisotopic (exact) mass is 205 g/mol. The molecule has 0 aromatic rings. The van der Waals surface area contributed by atoms with Crippen molar-refractivity contribution in [1.29, 1.82) is 0 Å². The zero-order valence-corrected chi connectivity index (χ0v) is 9.74. The van der Waals surface area contributed by atoms with Gasteiger partial charge in [-0.1, -0.05) is 27.7 Å². The smallest absolute Gasteiger partial charge is 0.221 e. The van der Waals surface area contributed by atoms with Crippen molar-refractivity contribution in [3.8, 4) is 0 Å². The third-order valence-corrected chi connectivity index (χ3v) is 2.81. The van der Waals surface area contributed by atoms with E-state index in [1.54, 1.807) is 0 Å². The molecule has 0 heterocycles. The Morgan fingerprint density at radius 2 is 2.00 bits per heavy atom. The van der Waals surface area contributed by atoms with Gasteiger partial charge in [0.05, 0.1) is 0 Å². The average molecular weight is 206 g/mol. The molecule has 0 bridgehead atoms. The van der Waals surface area contributed by atoms with Gasteiger partial charge in [-0.2, -0.15) is 0 Å². The minimum absolute atomic E-state index is 0.0451. The summed E-state index contributed by atoms with van der Waals surface area (Å²) in [6.07, 6.45) is 0.412. The summed E-state index contributed by atoms with van der Waals surface area (Å²) in [6, 6.07) is 0. The van der Waals surface area contributed by atoms with Crippen molar-refractivity contribution < 1.29 is 4.79 Å². The fraction of sp³-hybridized carbons (Fsp3) is 0.900. The number of hydrogen-bond donors (Lipinski definition) is 1. The molecule has 3 heteroatoms. The third-order valence-electron chi connectivity index (χ3n) is 2.63. The maximum absolute atomic E-state index is 11.1. The van der Waals surface area contributed by atoms with Crippen molar-refractivity contribution in [2.24, 2.45) is 11.3 Å². The molecule has 0 aliphatic carbocycles. The second-order valence-corrected chi connectivity index (χ2v) is 4.74. The summed E-state index contributed by atoms with van der Waals surface area (Å²) < 4.78 is 0. The van der Waals surface area contributed by atoms with Crippen LogP contribution in [0.4, 0.5) is 0 Å². The molecule has 0 radical (unpaired) electrons. The van der Waals surface area contributed by atoms with E-state index in [1.165, 1.54) is 0 Å². The van der Waals surface area contributed by atoms with Crippen LogP contribution >= 0.6 is 11.6 Å². The molecule has 0 atom stereocenters. The Labute approximate surface area is 86.0 Å². The van der Waals surface area contributed by atoms with Crippen LogP contribution in [0.25, 0.3) is 0 Å². The van der Waals surface area contributed by atoms with E-state index in [1.807, 2.05) is 0 Å². The van der Waals surface area contributed by atoms with Crippen molar-refractivity contribution in [1.82, 2.24) is 5.32 Å². The van der Waals surface area contributed by atoms with Gasteiger partial charge >= 0.3 is 0 Å². The molecule has 78 valence electrons. The number of rotatable bonds is 5. The topological polar surface area (TPSA) is 29.1 Å². The van der Waals surface area contributed by atoms with Gasteiger partial charge < -0.3 is 5.32 Å². The lowest BCUT2D eigenvalue weighted by atomic mass is 9.81. The molecule has 0 saturated heterocycles. The molecular formula is C10H20ClNO. The van der Waals surface area contributed by atoms with Gasteiger partial charge in [0.25, 0.3) is 0 Å². The Bertz CT molecular complexity index is 166. The Morgan fingerprint density at radius 3 is 2.38 bits per heavy atom. The summed E-state index contributed by atoms with van der Waals surface area (Å²) in [4.78, 5) is 11.1. The van der Waals surface area contributed by atoms with Crippen LogP contribution in [0.3, 0.4) is 0 Å². The highest BCUT2D eigenvalue weighted by molar-refractivity contribution is 6.18. The molecule has 2 nitrogen and oxygen atoms in total. The molecule has 1 amide bonds. The number of halogens is 1. The molecule has 0 aliphatic rings. The van der Waals surface area contributed by atoms with E-state index in [-0.39, 0.29) is 11.3 Å². The standard InChI is InChI=1S/C10H20ClNO/c1-8(2)10(3,4)7-12-9(13)5-6-11/h8H,5-7H2,1-4H3,(H,12,13). The predicted molar refractivity (Wildman–Crippen MR) is 57.0 cm³/mol. The quantitative estimate of drug-likeness (QED) is 0.687. The average Bonchev–Trinajstić information content (AvgIpc) is 2.01. The van der Waals surface area contributed by atoms with Crippen molar-refractivity contribution in [3.63, 3.8) is 0 Å². The van der Waals surface area contributed by atoms with E-state index in [2.05, 4.69) is 33.0 Å². The molecule has 13 heavy (non-hydrogen) atoms. The first-order chi connectivity index (χ1) is 5.90. The zero-order valence-electron chi connectivity index (χ0n) is 8.98. The SMILES string of the molecule is CC(C)C(C)(C)CNC(=O)CCCl. The highest BCUT2D eigenvalue weighted by Crippen LogP contribution is 2.24. The van der Waals surface area contributed by atoms with E-state index in [9.17, 15) is 4.79 Å². The Hall–Kier alpha value is -0.240. The van der Waals surface area contributed by atoms with Gasteiger partial charge in [-0.3, -0.25) is 4.79 Å². The lowest BCUT2D eigenvalue weighted by molar-refractivity contribution is -0.121. The number of carbonyl (C=O) groups is 1. The first-order valence-corrected chi connectivity index (χ1v) is 5.26. The van der Waals surface area contributed by atoms with Gasteiger partial charge in [0.15, 0.2) is 0 Å².